The molecule has 16 N–H and O–H groups in total. The maximum absolute atomic E-state index is 13.6. The van der Waals surface area contributed by atoms with Crippen LogP contribution >= 0.6 is 0 Å². The number of Topliss-reactive ketones (excluding diaryl/α,β-unsaturated/α-hetero) is 1. The summed E-state index contributed by atoms with van der Waals surface area (Å²) in [4.78, 5) is 100. The number of aliphatic hydroxyl groups excluding tert-OH is 1. The average molecular weight is 730 g/mol. The standard InChI is InChI=1S/C31H59N11O9/c1-19(20(2)44)38-28(48)21(9-3-6-12-32)40-29(49)22(10-4-7-13-33)41-30(50)23(11-5-8-14-34)42-31(51)24(18-43)39-27(47)17-37-26(46)16-36-25(45)15-35/h19,21-24,43H,3-18,32-35H2,1-2H3,(H,36,45)(H,37,46)(H,38,48)(H,39,47)(H,40,49)(H,41,50)(H,42,51)/t19-,21-,22-,23-,24-/m0/s1. The van der Waals surface area contributed by atoms with E-state index >= 15 is 0 Å². The molecule has 5 atom stereocenters. The van der Waals surface area contributed by atoms with E-state index in [2.05, 4.69) is 37.2 Å². The van der Waals surface area contributed by atoms with Crippen molar-refractivity contribution >= 4 is 47.1 Å². The van der Waals surface area contributed by atoms with Gasteiger partial charge in [-0.2, -0.15) is 0 Å². The van der Waals surface area contributed by atoms with Gasteiger partial charge in [-0.15, -0.1) is 0 Å². The molecule has 0 saturated heterocycles. The fraction of sp³-hybridized carbons (Fsp3) is 0.742. The third-order valence-corrected chi connectivity index (χ3v) is 7.62. The van der Waals surface area contributed by atoms with Gasteiger partial charge in [-0.25, -0.2) is 0 Å². The van der Waals surface area contributed by atoms with E-state index in [1.54, 1.807) is 0 Å². The van der Waals surface area contributed by atoms with E-state index in [0.29, 0.717) is 58.2 Å². The van der Waals surface area contributed by atoms with Crippen LogP contribution in [-0.2, 0) is 38.4 Å². The minimum absolute atomic E-state index is 0.0929. The summed E-state index contributed by atoms with van der Waals surface area (Å²) in [7, 11) is 0. The van der Waals surface area contributed by atoms with Crippen LogP contribution in [0.4, 0.5) is 0 Å². The van der Waals surface area contributed by atoms with Gasteiger partial charge in [0.1, 0.15) is 24.2 Å². The Morgan fingerprint density at radius 3 is 1.25 bits per heavy atom. The number of rotatable bonds is 28. The average Bonchev–Trinajstić information content (AvgIpc) is 3.10. The highest BCUT2D eigenvalue weighted by molar-refractivity contribution is 5.96. The first-order chi connectivity index (χ1) is 24.2. The van der Waals surface area contributed by atoms with Gasteiger partial charge in [-0.05, 0) is 91.3 Å². The number of carbonyl (C=O) groups is 8. The van der Waals surface area contributed by atoms with Crippen LogP contribution in [0.2, 0.25) is 0 Å². The lowest BCUT2D eigenvalue weighted by Gasteiger charge is -2.27. The molecule has 7 amide bonds. The molecule has 0 heterocycles. The zero-order valence-electron chi connectivity index (χ0n) is 29.7. The van der Waals surface area contributed by atoms with E-state index in [0.717, 1.165) is 0 Å². The van der Waals surface area contributed by atoms with E-state index in [9.17, 15) is 43.5 Å². The fourth-order valence-electron chi connectivity index (χ4n) is 4.45. The smallest absolute Gasteiger partial charge is 0.245 e. The molecular weight excluding hydrogens is 670 g/mol. The quantitative estimate of drug-likeness (QED) is 0.0335. The second kappa shape index (κ2) is 27.5. The monoisotopic (exact) mass is 729 g/mol. The zero-order valence-corrected chi connectivity index (χ0v) is 29.7. The van der Waals surface area contributed by atoms with E-state index in [-0.39, 0.29) is 31.6 Å². The summed E-state index contributed by atoms with van der Waals surface area (Å²) in [6.45, 7) is 1.65. The maximum atomic E-state index is 13.6. The van der Waals surface area contributed by atoms with Crippen LogP contribution in [0.3, 0.4) is 0 Å². The molecule has 0 saturated carbocycles. The summed E-state index contributed by atoms with van der Waals surface area (Å²) in [6, 6.07) is -5.68. The number of aliphatic hydroxyl groups is 1. The number of unbranched alkanes of at least 4 members (excludes halogenated alkanes) is 3. The first kappa shape index (κ1) is 46.8. The summed E-state index contributed by atoms with van der Waals surface area (Å²) >= 11 is 0. The van der Waals surface area contributed by atoms with Crippen molar-refractivity contribution in [3.05, 3.63) is 0 Å². The molecule has 51 heavy (non-hydrogen) atoms. The molecule has 292 valence electrons. The summed E-state index contributed by atoms with van der Waals surface area (Å²) in [5.41, 5.74) is 22.0. The lowest BCUT2D eigenvalue weighted by Crippen LogP contribution is -2.59. The van der Waals surface area contributed by atoms with Crippen LogP contribution < -0.4 is 60.2 Å². The number of hydrogen-bond acceptors (Lipinski definition) is 13. The number of carbonyl (C=O) groups excluding carboxylic acids is 8. The molecule has 0 aromatic carbocycles. The predicted octanol–water partition coefficient (Wildman–Crippen LogP) is -5.41. The molecule has 0 aliphatic heterocycles. The molecule has 20 heteroatoms. The minimum atomic E-state index is -1.51. The maximum Gasteiger partial charge on any atom is 0.245 e. The molecule has 20 nitrogen and oxygen atoms in total. The van der Waals surface area contributed by atoms with Crippen molar-refractivity contribution < 1.29 is 43.5 Å². The van der Waals surface area contributed by atoms with Crippen LogP contribution in [0.25, 0.3) is 0 Å². The highest BCUT2D eigenvalue weighted by atomic mass is 16.3. The summed E-state index contributed by atoms with van der Waals surface area (Å²) < 4.78 is 0. The van der Waals surface area contributed by atoms with E-state index in [1.165, 1.54) is 13.8 Å². The summed E-state index contributed by atoms with van der Waals surface area (Å²) in [5, 5.41) is 27.0. The lowest BCUT2D eigenvalue weighted by atomic mass is 10.0. The van der Waals surface area contributed by atoms with Crippen molar-refractivity contribution in [3.8, 4) is 0 Å². The number of nitrogens with one attached hydrogen (secondary N) is 7. The van der Waals surface area contributed by atoms with Crippen molar-refractivity contribution in [2.75, 3.05) is 45.9 Å². The molecule has 0 aromatic rings. The Balaban J connectivity index is 5.82. The number of nitrogens with two attached hydrogens (primary N) is 4. The molecule has 0 aliphatic carbocycles. The fourth-order valence-corrected chi connectivity index (χ4v) is 4.45. The number of ketones is 1. The Bertz CT molecular complexity index is 1140. The first-order valence-corrected chi connectivity index (χ1v) is 17.2. The predicted molar refractivity (Wildman–Crippen MR) is 187 cm³/mol. The van der Waals surface area contributed by atoms with Crippen molar-refractivity contribution in [2.24, 2.45) is 22.9 Å². The van der Waals surface area contributed by atoms with Crippen molar-refractivity contribution in [2.45, 2.75) is 102 Å². The van der Waals surface area contributed by atoms with Gasteiger partial charge in [0.25, 0.3) is 0 Å². The number of hydrogen-bond donors (Lipinski definition) is 12. The van der Waals surface area contributed by atoms with Crippen LogP contribution in [0.5, 0.6) is 0 Å². The van der Waals surface area contributed by atoms with Gasteiger partial charge >= 0.3 is 0 Å². The second-order valence-corrected chi connectivity index (χ2v) is 11.9. The van der Waals surface area contributed by atoms with Crippen LogP contribution in [0.15, 0.2) is 0 Å². The molecule has 0 unspecified atom stereocenters. The van der Waals surface area contributed by atoms with Crippen molar-refractivity contribution in [3.63, 3.8) is 0 Å². The van der Waals surface area contributed by atoms with Crippen LogP contribution in [-0.4, -0.2) is 128 Å². The highest BCUT2D eigenvalue weighted by Gasteiger charge is 2.31. The SMILES string of the molecule is CC(=O)[C@H](C)NC(=O)[C@H](CCCCN)NC(=O)[C@H](CCCCN)NC(=O)[C@H](CCCCN)NC(=O)[C@H](CO)NC(=O)CNC(=O)CNC(=O)CN. The Kier molecular flexibility index (Phi) is 25.2. The third-order valence-electron chi connectivity index (χ3n) is 7.62. The van der Waals surface area contributed by atoms with Crippen LogP contribution in [0, 0.1) is 0 Å². The largest absolute Gasteiger partial charge is 0.394 e. The Labute approximate surface area is 298 Å². The second-order valence-electron chi connectivity index (χ2n) is 11.9. The molecular formula is C31H59N11O9. The van der Waals surface area contributed by atoms with Gasteiger partial charge in [0.2, 0.25) is 41.4 Å². The minimum Gasteiger partial charge on any atom is -0.394 e. The molecule has 0 rings (SSSR count). The molecule has 0 radical (unpaired) electrons. The number of amides is 7. The summed E-state index contributed by atoms with van der Waals surface area (Å²) in [6.07, 6.45) is 3.44. The first-order valence-electron chi connectivity index (χ1n) is 17.2. The third kappa shape index (κ3) is 20.9. The lowest BCUT2D eigenvalue weighted by molar-refractivity contribution is -0.135. The van der Waals surface area contributed by atoms with E-state index in [4.69, 9.17) is 22.9 Å². The highest BCUT2D eigenvalue weighted by Crippen LogP contribution is 2.08. The molecule has 0 aromatic heterocycles. The van der Waals surface area contributed by atoms with Gasteiger partial charge < -0.3 is 65.3 Å². The van der Waals surface area contributed by atoms with Crippen LogP contribution in [0.1, 0.15) is 71.6 Å². The molecule has 0 fully saturated rings. The Hall–Kier alpha value is -4.24. The zero-order chi connectivity index (χ0) is 38.8. The van der Waals surface area contributed by atoms with E-state index in [1.807, 2.05) is 0 Å². The normalized spacial score (nSPS) is 13.7. The van der Waals surface area contributed by atoms with Gasteiger partial charge in [-0.3, -0.25) is 38.4 Å². The van der Waals surface area contributed by atoms with Gasteiger partial charge in [0.05, 0.1) is 32.3 Å². The van der Waals surface area contributed by atoms with Gasteiger partial charge in [-0.1, -0.05) is 0 Å². The van der Waals surface area contributed by atoms with Gasteiger partial charge in [0.15, 0.2) is 5.78 Å². The molecule has 0 bridgehead atoms. The van der Waals surface area contributed by atoms with Gasteiger partial charge in [0, 0.05) is 0 Å². The Morgan fingerprint density at radius 2 is 0.882 bits per heavy atom. The van der Waals surface area contributed by atoms with Crippen molar-refractivity contribution in [1.29, 1.82) is 0 Å². The molecule has 0 spiro atoms. The summed E-state index contributed by atoms with van der Waals surface area (Å²) in [5.74, 6) is -5.29. The van der Waals surface area contributed by atoms with E-state index < -0.39 is 91.3 Å². The topological polar surface area (TPSA) is 345 Å². The Morgan fingerprint density at radius 1 is 0.510 bits per heavy atom. The van der Waals surface area contributed by atoms with Crippen molar-refractivity contribution in [1.82, 2.24) is 37.2 Å². The molecule has 0 aliphatic rings.